The summed E-state index contributed by atoms with van der Waals surface area (Å²) in [5, 5.41) is 0. The van der Waals surface area contributed by atoms with E-state index in [0.29, 0.717) is 25.0 Å². The van der Waals surface area contributed by atoms with Crippen LogP contribution < -0.4 is 5.73 Å². The third kappa shape index (κ3) is 2.21. The molecule has 0 aromatic heterocycles. The van der Waals surface area contributed by atoms with Gasteiger partial charge >= 0.3 is 6.09 Å². The molecule has 4 heteroatoms. The van der Waals surface area contributed by atoms with Crippen LogP contribution >= 0.6 is 0 Å². The first-order chi connectivity index (χ1) is 9.08. The molecule has 3 atom stereocenters. The number of fused-ring (bicyclic) bond motifs is 1. The molecule has 19 heavy (non-hydrogen) atoms. The van der Waals surface area contributed by atoms with E-state index in [1.54, 1.807) is 4.90 Å². The molecule has 1 aliphatic carbocycles. The molecular formula is C15H20N2O2. The standard InChI is InChI=1S/C15H20N2O2/c1-11-7-15(16)10-17(8-13(11)15)14(18)19-9-12-5-3-2-4-6-12/h2-6,11,13H,7-10,16H2,1H3/t11?,13-,15+/m0/s1. The predicted octanol–water partition coefficient (Wildman–Crippen LogP) is 1.99. The quantitative estimate of drug-likeness (QED) is 0.884. The van der Waals surface area contributed by atoms with Crippen molar-refractivity contribution in [3.63, 3.8) is 0 Å². The van der Waals surface area contributed by atoms with Crippen molar-refractivity contribution in [2.75, 3.05) is 13.1 Å². The minimum Gasteiger partial charge on any atom is -0.445 e. The monoisotopic (exact) mass is 260 g/mol. The maximum atomic E-state index is 12.0. The van der Waals surface area contributed by atoms with Crippen LogP contribution in [-0.2, 0) is 11.3 Å². The van der Waals surface area contributed by atoms with Crippen LogP contribution in [0.1, 0.15) is 18.9 Å². The van der Waals surface area contributed by atoms with Gasteiger partial charge in [0.05, 0.1) is 0 Å². The first kappa shape index (κ1) is 12.5. The molecule has 2 N–H and O–H groups in total. The number of carbonyl (C=O) groups is 1. The Labute approximate surface area is 113 Å². The van der Waals surface area contributed by atoms with Crippen molar-refractivity contribution >= 4 is 6.09 Å². The second-order valence-electron chi connectivity index (χ2n) is 5.94. The highest BCUT2D eigenvalue weighted by Gasteiger charge is 2.55. The fourth-order valence-corrected chi connectivity index (χ4v) is 3.45. The van der Waals surface area contributed by atoms with Crippen molar-refractivity contribution < 1.29 is 9.53 Å². The van der Waals surface area contributed by atoms with Gasteiger partial charge in [-0.25, -0.2) is 4.79 Å². The lowest BCUT2D eigenvalue weighted by atomic mass is 9.62. The number of likely N-dealkylation sites (tertiary alicyclic amines) is 1. The van der Waals surface area contributed by atoms with Crippen molar-refractivity contribution in [3.8, 4) is 0 Å². The van der Waals surface area contributed by atoms with Gasteiger partial charge in [0.25, 0.3) is 0 Å². The van der Waals surface area contributed by atoms with E-state index < -0.39 is 0 Å². The van der Waals surface area contributed by atoms with E-state index in [0.717, 1.165) is 18.5 Å². The van der Waals surface area contributed by atoms with Crippen LogP contribution in [0.5, 0.6) is 0 Å². The Hall–Kier alpha value is -1.55. The minimum atomic E-state index is -0.240. The highest BCUT2D eigenvalue weighted by atomic mass is 16.6. The normalized spacial score (nSPS) is 32.6. The molecule has 1 aliphatic heterocycles. The van der Waals surface area contributed by atoms with Gasteiger partial charge in [-0.3, -0.25) is 0 Å². The summed E-state index contributed by atoms with van der Waals surface area (Å²) in [5.74, 6) is 1.06. The fourth-order valence-electron chi connectivity index (χ4n) is 3.45. The van der Waals surface area contributed by atoms with E-state index in [-0.39, 0.29) is 11.6 Å². The molecule has 102 valence electrons. The highest BCUT2D eigenvalue weighted by molar-refractivity contribution is 5.68. The average molecular weight is 260 g/mol. The summed E-state index contributed by atoms with van der Waals surface area (Å²) < 4.78 is 5.35. The Morgan fingerprint density at radius 3 is 2.84 bits per heavy atom. The second kappa shape index (κ2) is 4.53. The van der Waals surface area contributed by atoms with Crippen LogP contribution in [-0.4, -0.2) is 29.6 Å². The minimum absolute atomic E-state index is 0.162. The Morgan fingerprint density at radius 2 is 2.21 bits per heavy atom. The topological polar surface area (TPSA) is 55.6 Å². The number of benzene rings is 1. The SMILES string of the molecule is CC1C[C@@]2(N)CN(C(=O)OCc3ccccc3)C[C@@H]12. The summed E-state index contributed by atoms with van der Waals surface area (Å²) in [6.07, 6.45) is 0.774. The summed E-state index contributed by atoms with van der Waals surface area (Å²) in [7, 11) is 0. The average Bonchev–Trinajstić information content (AvgIpc) is 2.69. The van der Waals surface area contributed by atoms with Gasteiger partial charge in [0.1, 0.15) is 6.61 Å². The molecule has 2 fully saturated rings. The lowest BCUT2D eigenvalue weighted by Crippen LogP contribution is -2.59. The lowest BCUT2D eigenvalue weighted by molar-refractivity contribution is 0.100. The van der Waals surface area contributed by atoms with Crippen molar-refractivity contribution in [1.29, 1.82) is 0 Å². The van der Waals surface area contributed by atoms with Crippen molar-refractivity contribution in [2.45, 2.75) is 25.5 Å². The zero-order chi connectivity index (χ0) is 13.5. The fraction of sp³-hybridized carbons (Fsp3) is 0.533. The van der Waals surface area contributed by atoms with Gasteiger partial charge in [0.2, 0.25) is 0 Å². The zero-order valence-corrected chi connectivity index (χ0v) is 11.2. The van der Waals surface area contributed by atoms with Crippen LogP contribution in [0.25, 0.3) is 0 Å². The number of carbonyl (C=O) groups excluding carboxylic acids is 1. The Kier molecular flexibility index (Phi) is 2.97. The summed E-state index contributed by atoms with van der Waals surface area (Å²) in [5.41, 5.74) is 7.13. The van der Waals surface area contributed by atoms with Crippen molar-refractivity contribution in [1.82, 2.24) is 4.90 Å². The molecule has 1 amide bonds. The molecule has 0 radical (unpaired) electrons. The van der Waals surface area contributed by atoms with Gasteiger partial charge in [-0.2, -0.15) is 0 Å². The summed E-state index contributed by atoms with van der Waals surface area (Å²) in [6, 6.07) is 9.73. The van der Waals surface area contributed by atoms with Gasteiger partial charge in [0, 0.05) is 18.6 Å². The number of nitrogens with two attached hydrogens (primary N) is 1. The molecule has 1 aromatic carbocycles. The third-order valence-electron chi connectivity index (χ3n) is 4.49. The van der Waals surface area contributed by atoms with Gasteiger partial charge < -0.3 is 15.4 Å². The van der Waals surface area contributed by atoms with E-state index in [2.05, 4.69) is 6.92 Å². The van der Waals surface area contributed by atoms with Crippen molar-refractivity contribution in [3.05, 3.63) is 35.9 Å². The maximum absolute atomic E-state index is 12.0. The molecule has 0 bridgehead atoms. The van der Waals surface area contributed by atoms with E-state index in [1.165, 1.54) is 0 Å². The molecule has 1 saturated heterocycles. The number of hydrogen-bond donors (Lipinski definition) is 1. The Balaban J connectivity index is 1.55. The first-order valence-corrected chi connectivity index (χ1v) is 6.83. The largest absolute Gasteiger partial charge is 0.445 e. The molecular weight excluding hydrogens is 240 g/mol. The number of ether oxygens (including phenoxy) is 1. The molecule has 1 aromatic rings. The molecule has 4 nitrogen and oxygen atoms in total. The predicted molar refractivity (Wildman–Crippen MR) is 72.4 cm³/mol. The van der Waals surface area contributed by atoms with Crippen LogP contribution in [0.4, 0.5) is 4.79 Å². The third-order valence-corrected chi connectivity index (χ3v) is 4.49. The lowest BCUT2D eigenvalue weighted by Gasteiger charge is -2.46. The van der Waals surface area contributed by atoms with Gasteiger partial charge in [-0.1, -0.05) is 37.3 Å². The molecule has 1 unspecified atom stereocenters. The second-order valence-corrected chi connectivity index (χ2v) is 5.94. The van der Waals surface area contributed by atoms with E-state index >= 15 is 0 Å². The summed E-state index contributed by atoms with van der Waals surface area (Å²) in [6.45, 7) is 3.91. The van der Waals surface area contributed by atoms with Crippen molar-refractivity contribution in [2.24, 2.45) is 17.6 Å². The zero-order valence-electron chi connectivity index (χ0n) is 11.2. The van der Waals surface area contributed by atoms with E-state index in [4.69, 9.17) is 10.5 Å². The van der Waals surface area contributed by atoms with Crippen LogP contribution in [0.3, 0.4) is 0 Å². The molecule has 3 rings (SSSR count). The summed E-state index contributed by atoms with van der Waals surface area (Å²) in [4.78, 5) is 13.8. The molecule has 1 heterocycles. The molecule has 1 saturated carbocycles. The van der Waals surface area contributed by atoms with Gasteiger partial charge in [-0.05, 0) is 23.8 Å². The van der Waals surface area contributed by atoms with Gasteiger partial charge in [0.15, 0.2) is 0 Å². The van der Waals surface area contributed by atoms with Gasteiger partial charge in [-0.15, -0.1) is 0 Å². The molecule has 0 spiro atoms. The smallest absolute Gasteiger partial charge is 0.410 e. The number of hydrogen-bond acceptors (Lipinski definition) is 3. The van der Waals surface area contributed by atoms with E-state index in [9.17, 15) is 4.79 Å². The highest BCUT2D eigenvalue weighted by Crippen LogP contribution is 2.47. The van der Waals surface area contributed by atoms with Crippen LogP contribution in [0.2, 0.25) is 0 Å². The number of nitrogens with zero attached hydrogens (tertiary/aromatic N) is 1. The molecule has 2 aliphatic rings. The van der Waals surface area contributed by atoms with Crippen LogP contribution in [0.15, 0.2) is 30.3 Å². The van der Waals surface area contributed by atoms with Crippen LogP contribution in [0, 0.1) is 11.8 Å². The maximum Gasteiger partial charge on any atom is 0.410 e. The number of rotatable bonds is 2. The summed E-state index contributed by atoms with van der Waals surface area (Å²) >= 11 is 0. The first-order valence-electron chi connectivity index (χ1n) is 6.83. The Bertz CT molecular complexity index is 476. The number of amides is 1. The Morgan fingerprint density at radius 1 is 1.47 bits per heavy atom. The van der Waals surface area contributed by atoms with E-state index in [1.807, 2.05) is 30.3 Å².